The van der Waals surface area contributed by atoms with Gasteiger partial charge in [-0.15, -0.1) is 0 Å². The lowest BCUT2D eigenvalue weighted by Gasteiger charge is -2.12. The molecule has 0 N–H and O–H groups in total. The molecular weight excluding hydrogens is 326 g/mol. The summed E-state index contributed by atoms with van der Waals surface area (Å²) in [5.41, 5.74) is 0.192. The molecule has 7 heteroatoms. The highest BCUT2D eigenvalue weighted by Gasteiger charge is 2.16. The van der Waals surface area contributed by atoms with Crippen LogP contribution in [0.15, 0.2) is 46.3 Å². The summed E-state index contributed by atoms with van der Waals surface area (Å²) in [6.45, 7) is 4.03. The van der Waals surface area contributed by atoms with E-state index in [4.69, 9.17) is 17.0 Å². The van der Waals surface area contributed by atoms with E-state index in [0.29, 0.717) is 5.69 Å². The molecule has 0 aliphatic rings. The average molecular weight is 345 g/mol. The number of carbonyl (C=O) groups excluding carboxylic acids is 1. The molecule has 0 amide bonds. The van der Waals surface area contributed by atoms with Gasteiger partial charge in [-0.2, -0.15) is 9.78 Å². The van der Waals surface area contributed by atoms with Gasteiger partial charge >= 0.3 is 5.97 Å². The molecule has 0 spiro atoms. The summed E-state index contributed by atoms with van der Waals surface area (Å²) in [7, 11) is 1.25. The summed E-state index contributed by atoms with van der Waals surface area (Å²) < 4.78 is 7.44. The van der Waals surface area contributed by atoms with Gasteiger partial charge in [0.25, 0.3) is 5.56 Å². The van der Waals surface area contributed by atoms with Crippen molar-refractivity contribution in [2.24, 2.45) is 11.0 Å². The predicted molar refractivity (Wildman–Crippen MR) is 95.5 cm³/mol. The molecule has 0 aliphatic carbocycles. The molecular formula is C17H19N3O3S. The Morgan fingerprint density at radius 2 is 2.04 bits per heavy atom. The van der Waals surface area contributed by atoms with E-state index in [1.807, 2.05) is 19.9 Å². The number of rotatable bonds is 5. The number of nitrogens with zero attached hydrogens (tertiary/aromatic N) is 3. The summed E-state index contributed by atoms with van der Waals surface area (Å²) in [4.78, 5) is 24.4. The van der Waals surface area contributed by atoms with E-state index in [-0.39, 0.29) is 16.4 Å². The second-order valence-electron chi connectivity index (χ2n) is 5.27. The third kappa shape index (κ3) is 3.68. The number of para-hydroxylation sites is 1. The van der Waals surface area contributed by atoms with Crippen molar-refractivity contribution in [3.63, 3.8) is 0 Å². The summed E-state index contributed by atoms with van der Waals surface area (Å²) in [6.07, 6.45) is 2.59. The SMILES string of the molecule is CCC(C)/C=N/n1c(C(=O)OC)cc(=O)n(-c2ccccc2)c1=S. The Morgan fingerprint density at radius 1 is 1.38 bits per heavy atom. The van der Waals surface area contributed by atoms with Gasteiger partial charge in [-0.25, -0.2) is 4.79 Å². The number of benzene rings is 1. The van der Waals surface area contributed by atoms with Gasteiger partial charge in [0, 0.05) is 12.3 Å². The molecule has 126 valence electrons. The lowest BCUT2D eigenvalue weighted by Crippen LogP contribution is -2.26. The minimum absolute atomic E-state index is 0.000709. The molecule has 1 atom stereocenters. The molecule has 0 bridgehead atoms. The van der Waals surface area contributed by atoms with E-state index in [1.165, 1.54) is 22.4 Å². The van der Waals surface area contributed by atoms with E-state index >= 15 is 0 Å². The maximum Gasteiger partial charge on any atom is 0.357 e. The summed E-state index contributed by atoms with van der Waals surface area (Å²) in [5.74, 6) is -0.464. The number of aromatic nitrogens is 2. The van der Waals surface area contributed by atoms with Crippen LogP contribution in [0, 0.1) is 10.7 Å². The first-order chi connectivity index (χ1) is 11.5. The smallest absolute Gasteiger partial charge is 0.357 e. The van der Waals surface area contributed by atoms with Gasteiger partial charge in [-0.3, -0.25) is 9.36 Å². The van der Waals surface area contributed by atoms with Gasteiger partial charge in [0.2, 0.25) is 4.77 Å². The maximum atomic E-state index is 12.5. The quantitative estimate of drug-likeness (QED) is 0.475. The van der Waals surface area contributed by atoms with Crippen LogP contribution in [0.5, 0.6) is 0 Å². The van der Waals surface area contributed by atoms with Crippen LogP contribution in [0.1, 0.15) is 30.8 Å². The Hall–Kier alpha value is -2.54. The van der Waals surface area contributed by atoms with Crippen LogP contribution >= 0.6 is 12.2 Å². The number of methoxy groups -OCH3 is 1. The standard InChI is InChI=1S/C17H19N3O3S/c1-4-12(2)11-18-20-14(16(22)23-3)10-15(21)19(17(20)24)13-8-6-5-7-9-13/h5-12H,4H2,1-3H3/b18-11+. The van der Waals surface area contributed by atoms with Crippen molar-refractivity contribution in [2.45, 2.75) is 20.3 Å². The Balaban J connectivity index is 2.74. The first-order valence-electron chi connectivity index (χ1n) is 7.57. The predicted octanol–water partition coefficient (Wildman–Crippen LogP) is 3.04. The van der Waals surface area contributed by atoms with Crippen molar-refractivity contribution in [2.75, 3.05) is 7.11 Å². The summed E-state index contributed by atoms with van der Waals surface area (Å²) in [5, 5.41) is 4.30. The number of hydrogen-bond acceptors (Lipinski definition) is 5. The van der Waals surface area contributed by atoms with Crippen LogP contribution in [-0.4, -0.2) is 28.5 Å². The minimum atomic E-state index is -0.667. The van der Waals surface area contributed by atoms with Crippen molar-refractivity contribution < 1.29 is 9.53 Å². The molecule has 24 heavy (non-hydrogen) atoms. The molecule has 0 aliphatic heterocycles. The fourth-order valence-electron chi connectivity index (χ4n) is 2.00. The van der Waals surface area contributed by atoms with Crippen LogP contribution < -0.4 is 5.56 Å². The third-order valence-corrected chi connectivity index (χ3v) is 3.93. The highest BCUT2D eigenvalue weighted by molar-refractivity contribution is 7.71. The van der Waals surface area contributed by atoms with Gasteiger partial charge in [0.05, 0.1) is 12.8 Å². The molecule has 1 aromatic heterocycles. The number of ether oxygens (including phenoxy) is 1. The highest BCUT2D eigenvalue weighted by atomic mass is 32.1. The van der Waals surface area contributed by atoms with E-state index in [0.717, 1.165) is 6.42 Å². The molecule has 0 saturated carbocycles. The molecule has 0 fully saturated rings. The minimum Gasteiger partial charge on any atom is -0.464 e. The third-order valence-electron chi connectivity index (χ3n) is 3.57. The van der Waals surface area contributed by atoms with Crippen LogP contribution in [0.4, 0.5) is 0 Å². The molecule has 1 aromatic carbocycles. The normalized spacial score (nSPS) is 12.3. The number of hydrogen-bond donors (Lipinski definition) is 0. The molecule has 0 saturated heterocycles. The highest BCUT2D eigenvalue weighted by Crippen LogP contribution is 2.09. The topological polar surface area (TPSA) is 65.6 Å². The monoisotopic (exact) mass is 345 g/mol. The second kappa shape index (κ2) is 7.83. The van der Waals surface area contributed by atoms with Crippen molar-refractivity contribution in [1.29, 1.82) is 0 Å². The maximum absolute atomic E-state index is 12.5. The lowest BCUT2D eigenvalue weighted by atomic mass is 10.1. The Morgan fingerprint density at radius 3 is 2.62 bits per heavy atom. The van der Waals surface area contributed by atoms with Crippen LogP contribution in [0.3, 0.4) is 0 Å². The van der Waals surface area contributed by atoms with E-state index < -0.39 is 11.5 Å². The largest absolute Gasteiger partial charge is 0.464 e. The van der Waals surface area contributed by atoms with E-state index in [2.05, 4.69) is 5.10 Å². The molecule has 6 nitrogen and oxygen atoms in total. The molecule has 2 rings (SSSR count). The Kier molecular flexibility index (Phi) is 5.81. The van der Waals surface area contributed by atoms with Crippen LogP contribution in [0.2, 0.25) is 0 Å². The number of carbonyl (C=O) groups is 1. The zero-order chi connectivity index (χ0) is 17.7. The second-order valence-corrected chi connectivity index (χ2v) is 5.64. The summed E-state index contributed by atoms with van der Waals surface area (Å²) >= 11 is 5.41. The zero-order valence-corrected chi connectivity index (χ0v) is 14.6. The molecule has 2 aromatic rings. The van der Waals surface area contributed by atoms with Crippen LogP contribution in [-0.2, 0) is 4.74 Å². The lowest BCUT2D eigenvalue weighted by molar-refractivity contribution is 0.0587. The molecule has 0 radical (unpaired) electrons. The van der Waals surface area contributed by atoms with E-state index in [1.54, 1.807) is 30.5 Å². The first-order valence-corrected chi connectivity index (χ1v) is 7.97. The van der Waals surface area contributed by atoms with Gasteiger partial charge < -0.3 is 4.74 Å². The summed E-state index contributed by atoms with van der Waals surface area (Å²) in [6, 6.07) is 10.2. The van der Waals surface area contributed by atoms with Crippen LogP contribution in [0.25, 0.3) is 5.69 Å². The number of esters is 1. The molecule has 1 unspecified atom stereocenters. The Bertz CT molecular complexity index is 869. The fraction of sp³-hybridized carbons (Fsp3) is 0.294. The average Bonchev–Trinajstić information content (AvgIpc) is 2.60. The fourth-order valence-corrected chi connectivity index (χ4v) is 2.34. The van der Waals surface area contributed by atoms with E-state index in [9.17, 15) is 9.59 Å². The van der Waals surface area contributed by atoms with Gasteiger partial charge in [0.15, 0.2) is 5.69 Å². The molecule has 1 heterocycles. The van der Waals surface area contributed by atoms with Crippen molar-refractivity contribution in [3.05, 3.63) is 57.2 Å². The van der Waals surface area contributed by atoms with Gasteiger partial charge in [0.1, 0.15) is 0 Å². The first kappa shape index (κ1) is 17.8. The van der Waals surface area contributed by atoms with Crippen molar-refractivity contribution in [1.82, 2.24) is 9.24 Å². The van der Waals surface area contributed by atoms with Crippen molar-refractivity contribution in [3.8, 4) is 5.69 Å². The Labute approximate surface area is 145 Å². The van der Waals surface area contributed by atoms with Crippen molar-refractivity contribution >= 4 is 24.4 Å². The van der Waals surface area contributed by atoms with Gasteiger partial charge in [-0.05, 0) is 36.7 Å². The zero-order valence-electron chi connectivity index (χ0n) is 13.8. The van der Waals surface area contributed by atoms with Gasteiger partial charge in [-0.1, -0.05) is 32.0 Å².